The summed E-state index contributed by atoms with van der Waals surface area (Å²) in [6.45, 7) is 5.62. The Morgan fingerprint density at radius 1 is 1.24 bits per heavy atom. The highest BCUT2D eigenvalue weighted by Gasteiger charge is 2.40. The highest BCUT2D eigenvalue weighted by Crippen LogP contribution is 2.34. The van der Waals surface area contributed by atoms with Crippen molar-refractivity contribution in [1.29, 1.82) is 0 Å². The average molecular weight is 290 g/mol. The fourth-order valence-electron chi connectivity index (χ4n) is 2.66. The van der Waals surface area contributed by atoms with E-state index < -0.39 is 23.7 Å². The minimum Gasteiger partial charge on any atom is -0.548 e. The van der Waals surface area contributed by atoms with E-state index >= 15 is 0 Å². The molecular weight excluding hydrogens is 270 g/mol. The Balaban J connectivity index is 2.22. The number of carboxylic acid groups (broad SMARTS) is 1. The van der Waals surface area contributed by atoms with Gasteiger partial charge in [-0.05, 0) is 32.8 Å². The molecule has 0 spiro atoms. The number of carbonyl (C=O) groups is 2. The molecule has 114 valence electrons. The van der Waals surface area contributed by atoms with E-state index in [-0.39, 0.29) is 5.92 Å². The van der Waals surface area contributed by atoms with Crippen molar-refractivity contribution in [2.75, 3.05) is 6.54 Å². The molecule has 1 heterocycles. The van der Waals surface area contributed by atoms with Crippen LogP contribution < -0.4 is 5.11 Å². The van der Waals surface area contributed by atoms with Gasteiger partial charge < -0.3 is 14.6 Å². The maximum atomic E-state index is 12.2. The van der Waals surface area contributed by atoms with Crippen LogP contribution in [0.25, 0.3) is 0 Å². The van der Waals surface area contributed by atoms with Crippen molar-refractivity contribution >= 4 is 12.1 Å². The minimum atomic E-state index is -1.24. The van der Waals surface area contributed by atoms with Crippen LogP contribution in [0.3, 0.4) is 0 Å². The molecule has 2 unspecified atom stereocenters. The zero-order valence-corrected chi connectivity index (χ0v) is 12.5. The molecule has 21 heavy (non-hydrogen) atoms. The van der Waals surface area contributed by atoms with Crippen molar-refractivity contribution < 1.29 is 19.4 Å². The summed E-state index contributed by atoms with van der Waals surface area (Å²) in [5, 5.41) is 11.5. The van der Waals surface area contributed by atoms with Gasteiger partial charge in [0.1, 0.15) is 5.60 Å². The van der Waals surface area contributed by atoms with Crippen molar-refractivity contribution in [3.8, 4) is 0 Å². The van der Waals surface area contributed by atoms with E-state index in [1.54, 1.807) is 20.8 Å². The van der Waals surface area contributed by atoms with E-state index in [0.717, 1.165) is 5.56 Å². The van der Waals surface area contributed by atoms with Crippen LogP contribution in [-0.4, -0.2) is 35.2 Å². The van der Waals surface area contributed by atoms with Crippen molar-refractivity contribution in [2.24, 2.45) is 0 Å². The maximum Gasteiger partial charge on any atom is 0.410 e. The Bertz CT molecular complexity index is 521. The second kappa shape index (κ2) is 5.76. The lowest BCUT2D eigenvalue weighted by atomic mass is 9.92. The molecule has 0 N–H and O–H groups in total. The number of amides is 1. The van der Waals surface area contributed by atoms with Gasteiger partial charge in [0.15, 0.2) is 0 Å². The Kier molecular flexibility index (Phi) is 4.21. The van der Waals surface area contributed by atoms with Crippen molar-refractivity contribution in [3.05, 3.63) is 35.9 Å². The summed E-state index contributed by atoms with van der Waals surface area (Å²) in [5.41, 5.74) is 0.246. The average Bonchev–Trinajstić information content (AvgIpc) is 2.82. The highest BCUT2D eigenvalue weighted by atomic mass is 16.6. The molecule has 1 aromatic carbocycles. The van der Waals surface area contributed by atoms with Crippen LogP contribution in [0.1, 0.15) is 38.7 Å². The zero-order chi connectivity index (χ0) is 15.6. The van der Waals surface area contributed by atoms with E-state index in [2.05, 4.69) is 0 Å². The van der Waals surface area contributed by atoms with Crippen LogP contribution >= 0.6 is 0 Å². The van der Waals surface area contributed by atoms with Crippen LogP contribution in [0.4, 0.5) is 4.79 Å². The van der Waals surface area contributed by atoms with Gasteiger partial charge >= 0.3 is 6.09 Å². The van der Waals surface area contributed by atoms with Crippen LogP contribution in [-0.2, 0) is 9.53 Å². The van der Waals surface area contributed by atoms with Crippen molar-refractivity contribution in [2.45, 2.75) is 44.8 Å². The van der Waals surface area contributed by atoms with E-state index in [9.17, 15) is 14.7 Å². The van der Waals surface area contributed by atoms with Crippen molar-refractivity contribution in [3.63, 3.8) is 0 Å². The molecule has 1 amide bonds. The summed E-state index contributed by atoms with van der Waals surface area (Å²) >= 11 is 0. The third-order valence-corrected chi connectivity index (χ3v) is 3.50. The minimum absolute atomic E-state index is 0.260. The standard InChI is InChI=1S/C16H21NO4/c1-16(2,3)21-15(20)17-10-9-12(13(17)14(18)19)11-7-5-4-6-8-11/h4-8,12-13H,9-10H2,1-3H3,(H,18,19)/p-1. The highest BCUT2D eigenvalue weighted by molar-refractivity contribution is 5.81. The van der Waals surface area contributed by atoms with Gasteiger partial charge in [-0.25, -0.2) is 4.79 Å². The summed E-state index contributed by atoms with van der Waals surface area (Å²) in [4.78, 5) is 24.9. The van der Waals surface area contributed by atoms with Crippen molar-refractivity contribution in [1.82, 2.24) is 4.90 Å². The van der Waals surface area contributed by atoms with Gasteiger partial charge in [0.05, 0.1) is 12.0 Å². The Hall–Kier alpha value is -2.04. The molecule has 0 radical (unpaired) electrons. The predicted octanol–water partition coefficient (Wildman–Crippen LogP) is 1.53. The fraction of sp³-hybridized carbons (Fsp3) is 0.500. The Labute approximate surface area is 124 Å². The second-order valence-electron chi connectivity index (χ2n) is 6.24. The summed E-state index contributed by atoms with van der Waals surface area (Å²) in [7, 11) is 0. The number of nitrogens with zero attached hydrogens (tertiary/aromatic N) is 1. The van der Waals surface area contributed by atoms with Crippen LogP contribution in [0.15, 0.2) is 30.3 Å². The SMILES string of the molecule is CC(C)(C)OC(=O)N1CCC(c2ccccc2)C1C(=O)[O-]. The molecule has 0 bridgehead atoms. The topological polar surface area (TPSA) is 69.7 Å². The number of hydrogen-bond donors (Lipinski definition) is 0. The molecule has 0 aliphatic carbocycles. The van der Waals surface area contributed by atoms with Gasteiger partial charge in [0.25, 0.3) is 0 Å². The Morgan fingerprint density at radius 2 is 1.86 bits per heavy atom. The summed E-state index contributed by atoms with van der Waals surface area (Å²) in [6, 6.07) is 8.36. The number of likely N-dealkylation sites (tertiary alicyclic amines) is 1. The number of carboxylic acids is 1. The number of carbonyl (C=O) groups excluding carboxylic acids is 2. The lowest BCUT2D eigenvalue weighted by Gasteiger charge is -2.31. The molecule has 1 aliphatic rings. The molecule has 1 aliphatic heterocycles. The molecule has 0 aromatic heterocycles. The lowest BCUT2D eigenvalue weighted by molar-refractivity contribution is -0.310. The molecule has 2 atom stereocenters. The molecule has 1 fully saturated rings. The first-order chi connectivity index (χ1) is 9.79. The van der Waals surface area contributed by atoms with Crippen LogP contribution in [0, 0.1) is 0 Å². The zero-order valence-electron chi connectivity index (χ0n) is 12.5. The molecule has 2 rings (SSSR count). The second-order valence-corrected chi connectivity index (χ2v) is 6.24. The third-order valence-electron chi connectivity index (χ3n) is 3.50. The van der Waals surface area contributed by atoms with Crippen LogP contribution in [0.5, 0.6) is 0 Å². The largest absolute Gasteiger partial charge is 0.548 e. The number of hydrogen-bond acceptors (Lipinski definition) is 4. The predicted molar refractivity (Wildman–Crippen MR) is 75.5 cm³/mol. The van der Waals surface area contributed by atoms with Gasteiger partial charge in [-0.2, -0.15) is 0 Å². The molecule has 1 saturated heterocycles. The normalized spacial score (nSPS) is 22.1. The number of benzene rings is 1. The van der Waals surface area contributed by atoms with E-state index in [1.165, 1.54) is 4.90 Å². The number of aliphatic carboxylic acids is 1. The number of rotatable bonds is 2. The molecule has 1 aromatic rings. The molecular formula is C16H20NO4-. The summed E-state index contributed by atoms with van der Waals surface area (Å²) in [5.74, 6) is -1.50. The van der Waals surface area contributed by atoms with Gasteiger partial charge in [-0.1, -0.05) is 30.3 Å². The first kappa shape index (κ1) is 15.4. The fourth-order valence-corrected chi connectivity index (χ4v) is 2.66. The smallest absolute Gasteiger partial charge is 0.410 e. The van der Waals surface area contributed by atoms with Gasteiger partial charge in [0, 0.05) is 12.5 Å². The molecule has 5 heteroatoms. The van der Waals surface area contributed by atoms with Gasteiger partial charge in [-0.3, -0.25) is 4.90 Å². The summed E-state index contributed by atoms with van der Waals surface area (Å²) in [6.07, 6.45) is -0.0165. The number of ether oxygens (including phenoxy) is 1. The molecule has 5 nitrogen and oxygen atoms in total. The van der Waals surface area contributed by atoms with Gasteiger partial charge in [-0.15, -0.1) is 0 Å². The first-order valence-corrected chi connectivity index (χ1v) is 7.05. The molecule has 0 saturated carbocycles. The lowest BCUT2D eigenvalue weighted by Crippen LogP contribution is -2.50. The van der Waals surface area contributed by atoms with Crippen LogP contribution in [0.2, 0.25) is 0 Å². The van der Waals surface area contributed by atoms with Gasteiger partial charge in [0.2, 0.25) is 0 Å². The maximum absolute atomic E-state index is 12.2. The first-order valence-electron chi connectivity index (χ1n) is 7.05. The van der Waals surface area contributed by atoms with E-state index in [1.807, 2.05) is 30.3 Å². The third kappa shape index (κ3) is 3.54. The monoisotopic (exact) mass is 290 g/mol. The van der Waals surface area contributed by atoms with E-state index in [4.69, 9.17) is 4.74 Å². The quantitative estimate of drug-likeness (QED) is 0.828. The van der Waals surface area contributed by atoms with E-state index in [0.29, 0.717) is 13.0 Å². The summed E-state index contributed by atoms with van der Waals surface area (Å²) < 4.78 is 5.28. The Morgan fingerprint density at radius 3 is 2.38 bits per heavy atom.